The molecule has 1 saturated heterocycles. The summed E-state index contributed by atoms with van der Waals surface area (Å²) >= 11 is 1.32. The predicted octanol–water partition coefficient (Wildman–Crippen LogP) is 3.30. The monoisotopic (exact) mass is 402 g/mol. The topological polar surface area (TPSA) is 84.9 Å². The fourth-order valence-corrected chi connectivity index (χ4v) is 4.10. The smallest absolute Gasteiger partial charge is 0.341 e. The first-order chi connectivity index (χ1) is 13.4. The molecule has 1 fully saturated rings. The van der Waals surface area contributed by atoms with Crippen LogP contribution in [0.4, 0.5) is 10.7 Å². The van der Waals surface area contributed by atoms with Crippen molar-refractivity contribution in [1.82, 2.24) is 0 Å². The van der Waals surface area contributed by atoms with Crippen LogP contribution < -0.4 is 15.0 Å². The first kappa shape index (κ1) is 19.9. The Morgan fingerprint density at radius 2 is 2.07 bits per heavy atom. The second-order valence-corrected chi connectivity index (χ2v) is 7.69. The summed E-state index contributed by atoms with van der Waals surface area (Å²) in [6, 6.07) is 7.11. The van der Waals surface area contributed by atoms with Gasteiger partial charge in [-0.3, -0.25) is 9.59 Å². The fraction of sp³-hybridized carbons (Fsp3) is 0.350. The van der Waals surface area contributed by atoms with Gasteiger partial charge in [0.25, 0.3) is 5.91 Å². The summed E-state index contributed by atoms with van der Waals surface area (Å²) in [6.45, 7) is 4.17. The van der Waals surface area contributed by atoms with Crippen LogP contribution in [0.15, 0.2) is 24.3 Å². The molecular weight excluding hydrogens is 380 g/mol. The number of methoxy groups -OCH3 is 1. The molecule has 1 aromatic heterocycles. The number of esters is 1. The van der Waals surface area contributed by atoms with Crippen LogP contribution in [0.25, 0.3) is 0 Å². The third kappa shape index (κ3) is 4.17. The van der Waals surface area contributed by atoms with Crippen molar-refractivity contribution < 1.29 is 23.9 Å². The van der Waals surface area contributed by atoms with E-state index >= 15 is 0 Å². The second-order valence-electron chi connectivity index (χ2n) is 6.46. The molecule has 2 aromatic rings. The van der Waals surface area contributed by atoms with Crippen molar-refractivity contribution in [3.05, 3.63) is 40.3 Å². The van der Waals surface area contributed by atoms with Crippen LogP contribution in [0, 0.1) is 13.8 Å². The van der Waals surface area contributed by atoms with E-state index in [-0.39, 0.29) is 18.4 Å². The van der Waals surface area contributed by atoms with Crippen molar-refractivity contribution >= 4 is 39.8 Å². The Balaban J connectivity index is 1.65. The first-order valence-corrected chi connectivity index (χ1v) is 9.73. The number of anilines is 2. The molecular formula is C20H22N2O5S. The van der Waals surface area contributed by atoms with Gasteiger partial charge in [0, 0.05) is 29.6 Å². The van der Waals surface area contributed by atoms with Crippen LogP contribution in [0.1, 0.15) is 33.6 Å². The van der Waals surface area contributed by atoms with E-state index < -0.39 is 5.97 Å². The lowest BCUT2D eigenvalue weighted by Gasteiger charge is -2.16. The Hall–Kier alpha value is -2.87. The predicted molar refractivity (Wildman–Crippen MR) is 107 cm³/mol. The maximum atomic E-state index is 12.3. The number of hydrogen-bond acceptors (Lipinski definition) is 6. The summed E-state index contributed by atoms with van der Waals surface area (Å²) in [6.07, 6.45) is 1.39. The molecule has 1 N–H and O–H groups in total. The Bertz CT molecular complexity index is 921. The van der Waals surface area contributed by atoms with Crippen molar-refractivity contribution in [2.45, 2.75) is 26.7 Å². The molecule has 7 nitrogen and oxygen atoms in total. The molecule has 2 heterocycles. The number of thiophene rings is 1. The van der Waals surface area contributed by atoms with Gasteiger partial charge in [-0.15, -0.1) is 11.3 Å². The normalized spacial score (nSPS) is 13.5. The molecule has 0 aliphatic carbocycles. The van der Waals surface area contributed by atoms with Crippen molar-refractivity contribution in [2.75, 3.05) is 30.5 Å². The number of carbonyl (C=O) groups is 3. The van der Waals surface area contributed by atoms with Crippen molar-refractivity contribution in [1.29, 1.82) is 0 Å². The Labute approximate surface area is 167 Å². The number of rotatable bonds is 6. The van der Waals surface area contributed by atoms with Gasteiger partial charge in [-0.1, -0.05) is 6.07 Å². The first-order valence-electron chi connectivity index (χ1n) is 8.92. The van der Waals surface area contributed by atoms with E-state index in [1.807, 2.05) is 19.9 Å². The van der Waals surface area contributed by atoms with Crippen LogP contribution in [-0.4, -0.2) is 38.0 Å². The van der Waals surface area contributed by atoms with E-state index in [1.54, 1.807) is 23.1 Å². The third-order valence-electron chi connectivity index (χ3n) is 4.60. The summed E-state index contributed by atoms with van der Waals surface area (Å²) in [5, 5.41) is 3.17. The van der Waals surface area contributed by atoms with E-state index in [0.29, 0.717) is 29.3 Å². The molecule has 0 atom stereocenters. The number of ether oxygens (including phenoxy) is 2. The Kier molecular flexibility index (Phi) is 5.99. The number of amides is 2. The molecule has 0 unspecified atom stereocenters. The number of benzene rings is 1. The van der Waals surface area contributed by atoms with Crippen LogP contribution >= 0.6 is 11.3 Å². The molecule has 2 amide bonds. The minimum absolute atomic E-state index is 0.0914. The lowest BCUT2D eigenvalue weighted by molar-refractivity contribution is -0.118. The average molecular weight is 402 g/mol. The van der Waals surface area contributed by atoms with Crippen LogP contribution in [0.3, 0.4) is 0 Å². The van der Waals surface area contributed by atoms with Crippen molar-refractivity contribution in [3.63, 3.8) is 0 Å². The molecule has 8 heteroatoms. The molecule has 0 bridgehead atoms. The maximum absolute atomic E-state index is 12.3. The number of nitrogens with one attached hydrogen (secondary N) is 1. The summed E-state index contributed by atoms with van der Waals surface area (Å²) in [5.41, 5.74) is 1.92. The number of carbonyl (C=O) groups excluding carboxylic acids is 3. The zero-order chi connectivity index (χ0) is 20.3. The van der Waals surface area contributed by atoms with Gasteiger partial charge >= 0.3 is 5.97 Å². The van der Waals surface area contributed by atoms with Crippen molar-refractivity contribution in [3.8, 4) is 5.75 Å². The minimum Gasteiger partial charge on any atom is -0.484 e. The lowest BCUT2D eigenvalue weighted by atomic mass is 10.1. The van der Waals surface area contributed by atoms with E-state index in [4.69, 9.17) is 9.47 Å². The molecule has 148 valence electrons. The third-order valence-corrected chi connectivity index (χ3v) is 5.72. The average Bonchev–Trinajstić information content (AvgIpc) is 3.23. The Morgan fingerprint density at radius 3 is 2.75 bits per heavy atom. The highest BCUT2D eigenvalue weighted by atomic mass is 32.1. The highest BCUT2D eigenvalue weighted by Gasteiger charge is 2.23. The summed E-state index contributed by atoms with van der Waals surface area (Å²) < 4.78 is 10.4. The van der Waals surface area contributed by atoms with Crippen LogP contribution in [0.5, 0.6) is 5.75 Å². The van der Waals surface area contributed by atoms with Gasteiger partial charge in [0.1, 0.15) is 10.8 Å². The number of hydrogen-bond donors (Lipinski definition) is 1. The molecule has 1 aliphatic rings. The van der Waals surface area contributed by atoms with Gasteiger partial charge in [0.15, 0.2) is 6.61 Å². The summed E-state index contributed by atoms with van der Waals surface area (Å²) in [5.74, 6) is -0.275. The van der Waals surface area contributed by atoms with Gasteiger partial charge in [0.2, 0.25) is 5.91 Å². The van der Waals surface area contributed by atoms with Crippen LogP contribution in [0.2, 0.25) is 0 Å². The van der Waals surface area contributed by atoms with E-state index in [0.717, 1.165) is 22.5 Å². The molecule has 1 aliphatic heterocycles. The minimum atomic E-state index is -0.485. The maximum Gasteiger partial charge on any atom is 0.341 e. The lowest BCUT2D eigenvalue weighted by Crippen LogP contribution is -2.24. The van der Waals surface area contributed by atoms with Crippen molar-refractivity contribution in [2.24, 2.45) is 0 Å². The Morgan fingerprint density at radius 1 is 1.29 bits per heavy atom. The SMILES string of the molecule is COC(=O)c1c(NC(=O)COc2cccc(N3CCCC3=O)c2)sc(C)c1C. The highest BCUT2D eigenvalue weighted by molar-refractivity contribution is 7.16. The van der Waals surface area contributed by atoms with Gasteiger partial charge in [-0.05, 0) is 38.0 Å². The summed E-state index contributed by atoms with van der Waals surface area (Å²) in [7, 11) is 1.31. The highest BCUT2D eigenvalue weighted by Crippen LogP contribution is 2.33. The van der Waals surface area contributed by atoms with E-state index in [2.05, 4.69) is 5.32 Å². The van der Waals surface area contributed by atoms with Gasteiger partial charge in [-0.25, -0.2) is 4.79 Å². The number of nitrogens with zero attached hydrogens (tertiary/aromatic N) is 1. The van der Waals surface area contributed by atoms with Gasteiger partial charge in [-0.2, -0.15) is 0 Å². The largest absolute Gasteiger partial charge is 0.484 e. The number of aryl methyl sites for hydroxylation is 1. The fourth-order valence-electron chi connectivity index (χ4n) is 3.04. The molecule has 0 spiro atoms. The molecule has 28 heavy (non-hydrogen) atoms. The van der Waals surface area contributed by atoms with Gasteiger partial charge < -0.3 is 19.7 Å². The standard InChI is InChI=1S/C20H22N2O5S/c1-12-13(2)28-19(18(12)20(25)26-3)21-16(23)11-27-15-7-4-6-14(10-15)22-9-5-8-17(22)24/h4,6-7,10H,5,8-9,11H2,1-3H3,(H,21,23). The van der Waals surface area contributed by atoms with E-state index in [9.17, 15) is 14.4 Å². The van der Waals surface area contributed by atoms with Gasteiger partial charge in [0.05, 0.1) is 12.7 Å². The van der Waals surface area contributed by atoms with E-state index in [1.165, 1.54) is 18.4 Å². The second kappa shape index (κ2) is 8.43. The molecule has 0 saturated carbocycles. The zero-order valence-corrected chi connectivity index (χ0v) is 16.9. The quantitative estimate of drug-likeness (QED) is 0.750. The zero-order valence-electron chi connectivity index (χ0n) is 16.0. The van der Waals surface area contributed by atoms with Crippen LogP contribution in [-0.2, 0) is 14.3 Å². The molecule has 1 aromatic carbocycles. The summed E-state index contributed by atoms with van der Waals surface area (Å²) in [4.78, 5) is 38.8. The molecule has 0 radical (unpaired) electrons. The molecule has 3 rings (SSSR count).